The lowest BCUT2D eigenvalue weighted by Crippen LogP contribution is -2.34. The molecule has 72 valence electrons. The van der Waals surface area contributed by atoms with Crippen molar-refractivity contribution < 1.29 is 9.90 Å². The van der Waals surface area contributed by atoms with Gasteiger partial charge in [-0.25, -0.2) is 0 Å². The molecular weight excluding hydrogens is 186 g/mol. The molecule has 0 saturated heterocycles. The third-order valence-corrected chi connectivity index (χ3v) is 2.76. The Morgan fingerprint density at radius 3 is 2.77 bits per heavy atom. The number of aliphatic hydroxyl groups excluding tert-OH is 1. The van der Waals surface area contributed by atoms with Crippen LogP contribution in [0.3, 0.4) is 0 Å². The number of aliphatic hydroxyl groups is 1. The van der Waals surface area contributed by atoms with Crippen molar-refractivity contribution in [3.05, 3.63) is 22.4 Å². The number of rotatable bonds is 3. The van der Waals surface area contributed by atoms with Gasteiger partial charge in [-0.15, -0.1) is 11.3 Å². The van der Waals surface area contributed by atoms with E-state index in [0.29, 0.717) is 0 Å². The largest absolute Gasteiger partial charge is 0.384 e. The highest BCUT2D eigenvalue weighted by Gasteiger charge is 2.13. The Bertz CT molecular complexity index is 269. The number of hydrogen-bond donors (Lipinski definition) is 2. The van der Waals surface area contributed by atoms with Crippen molar-refractivity contribution >= 4 is 17.2 Å². The van der Waals surface area contributed by atoms with Crippen molar-refractivity contribution in [3.8, 4) is 0 Å². The lowest BCUT2D eigenvalue weighted by atomic mass is 10.2. The Kier molecular flexibility index (Phi) is 3.45. The minimum absolute atomic E-state index is 0.0258. The molecule has 13 heavy (non-hydrogen) atoms. The van der Waals surface area contributed by atoms with Gasteiger partial charge in [0.25, 0.3) is 0 Å². The smallest absolute Gasteiger partial charge is 0.249 e. The van der Waals surface area contributed by atoms with Gasteiger partial charge in [-0.3, -0.25) is 4.79 Å². The zero-order chi connectivity index (χ0) is 9.84. The zero-order valence-corrected chi connectivity index (χ0v) is 8.47. The molecule has 0 aromatic carbocycles. The van der Waals surface area contributed by atoms with Crippen molar-refractivity contribution in [3.63, 3.8) is 0 Å². The molecule has 0 aliphatic rings. The normalized spacial score (nSPS) is 15.0. The van der Waals surface area contributed by atoms with E-state index in [-0.39, 0.29) is 11.9 Å². The predicted octanol–water partition coefficient (Wildman–Crippen LogP) is 1.31. The monoisotopic (exact) mass is 199 g/mol. The minimum Gasteiger partial charge on any atom is -0.384 e. The SMILES string of the molecule is CC(NC(=O)[C@@H](C)O)c1cccs1. The molecule has 2 N–H and O–H groups in total. The van der Waals surface area contributed by atoms with Crippen LogP contribution in [0.25, 0.3) is 0 Å². The van der Waals surface area contributed by atoms with Gasteiger partial charge in [-0.2, -0.15) is 0 Å². The standard InChI is InChI=1S/C9H13NO2S/c1-6(8-4-3-5-13-8)10-9(12)7(2)11/h3-7,11H,1-2H3,(H,10,12)/t6?,7-/m1/s1. The molecule has 1 aromatic heterocycles. The number of carbonyl (C=O) groups excluding carboxylic acids is 1. The molecule has 0 bridgehead atoms. The lowest BCUT2D eigenvalue weighted by molar-refractivity contribution is -0.129. The maximum Gasteiger partial charge on any atom is 0.249 e. The Morgan fingerprint density at radius 1 is 1.62 bits per heavy atom. The quantitative estimate of drug-likeness (QED) is 0.771. The second-order valence-corrected chi connectivity index (χ2v) is 3.90. The maximum absolute atomic E-state index is 11.1. The Balaban J connectivity index is 2.51. The van der Waals surface area contributed by atoms with E-state index < -0.39 is 6.10 Å². The molecule has 1 aromatic rings. The van der Waals surface area contributed by atoms with Gasteiger partial charge in [0.1, 0.15) is 6.10 Å². The van der Waals surface area contributed by atoms with Crippen molar-refractivity contribution in [1.29, 1.82) is 0 Å². The molecule has 0 saturated carbocycles. The summed E-state index contributed by atoms with van der Waals surface area (Å²) in [4.78, 5) is 12.2. The highest BCUT2D eigenvalue weighted by atomic mass is 32.1. The van der Waals surface area contributed by atoms with Crippen molar-refractivity contribution in [2.24, 2.45) is 0 Å². The van der Waals surface area contributed by atoms with Gasteiger partial charge in [-0.05, 0) is 25.3 Å². The van der Waals surface area contributed by atoms with Gasteiger partial charge < -0.3 is 10.4 Å². The van der Waals surface area contributed by atoms with E-state index in [2.05, 4.69) is 5.32 Å². The van der Waals surface area contributed by atoms with Gasteiger partial charge in [0.2, 0.25) is 5.91 Å². The predicted molar refractivity (Wildman–Crippen MR) is 52.6 cm³/mol. The van der Waals surface area contributed by atoms with E-state index >= 15 is 0 Å². The Morgan fingerprint density at radius 2 is 2.31 bits per heavy atom. The molecule has 1 rings (SSSR count). The van der Waals surface area contributed by atoms with Crippen LogP contribution in [-0.2, 0) is 4.79 Å². The number of nitrogens with one attached hydrogen (secondary N) is 1. The number of carbonyl (C=O) groups is 1. The van der Waals surface area contributed by atoms with Gasteiger partial charge >= 0.3 is 0 Å². The van der Waals surface area contributed by atoms with Crippen molar-refractivity contribution in [1.82, 2.24) is 5.32 Å². The third kappa shape index (κ3) is 2.82. The fourth-order valence-electron chi connectivity index (χ4n) is 0.943. The van der Waals surface area contributed by atoms with E-state index in [4.69, 9.17) is 5.11 Å². The molecule has 0 radical (unpaired) electrons. The molecule has 1 amide bonds. The average molecular weight is 199 g/mol. The molecule has 1 unspecified atom stereocenters. The highest BCUT2D eigenvalue weighted by Crippen LogP contribution is 2.17. The van der Waals surface area contributed by atoms with E-state index in [1.807, 2.05) is 24.4 Å². The highest BCUT2D eigenvalue weighted by molar-refractivity contribution is 7.10. The van der Waals surface area contributed by atoms with Gasteiger partial charge in [0, 0.05) is 4.88 Å². The molecule has 2 atom stereocenters. The molecule has 0 aliphatic heterocycles. The van der Waals surface area contributed by atoms with Crippen LogP contribution in [0.15, 0.2) is 17.5 Å². The van der Waals surface area contributed by atoms with Gasteiger partial charge in [-0.1, -0.05) is 6.07 Å². The Hall–Kier alpha value is -0.870. The van der Waals surface area contributed by atoms with Crippen LogP contribution >= 0.6 is 11.3 Å². The van der Waals surface area contributed by atoms with Crippen molar-refractivity contribution in [2.75, 3.05) is 0 Å². The van der Waals surface area contributed by atoms with Crippen LogP contribution in [-0.4, -0.2) is 17.1 Å². The van der Waals surface area contributed by atoms with Gasteiger partial charge in [0.15, 0.2) is 0 Å². The van der Waals surface area contributed by atoms with Crippen LogP contribution in [0, 0.1) is 0 Å². The first-order valence-corrected chi connectivity index (χ1v) is 5.01. The van der Waals surface area contributed by atoms with E-state index in [1.54, 1.807) is 11.3 Å². The molecule has 3 nitrogen and oxygen atoms in total. The zero-order valence-electron chi connectivity index (χ0n) is 7.65. The maximum atomic E-state index is 11.1. The number of hydrogen-bond acceptors (Lipinski definition) is 3. The summed E-state index contributed by atoms with van der Waals surface area (Å²) in [5.41, 5.74) is 0. The second-order valence-electron chi connectivity index (χ2n) is 2.92. The summed E-state index contributed by atoms with van der Waals surface area (Å²) in [5.74, 6) is -0.332. The van der Waals surface area contributed by atoms with Crippen molar-refractivity contribution in [2.45, 2.75) is 26.0 Å². The number of amides is 1. The van der Waals surface area contributed by atoms with Crippen LogP contribution in [0.5, 0.6) is 0 Å². The topological polar surface area (TPSA) is 49.3 Å². The molecule has 0 spiro atoms. The van der Waals surface area contributed by atoms with Crippen LogP contribution < -0.4 is 5.32 Å². The van der Waals surface area contributed by atoms with E-state index in [0.717, 1.165) is 4.88 Å². The average Bonchev–Trinajstić information content (AvgIpc) is 2.55. The minimum atomic E-state index is -0.942. The van der Waals surface area contributed by atoms with Crippen LogP contribution in [0.4, 0.5) is 0 Å². The third-order valence-electron chi connectivity index (χ3n) is 1.71. The second kappa shape index (κ2) is 4.39. The first-order chi connectivity index (χ1) is 6.11. The molecular formula is C9H13NO2S. The van der Waals surface area contributed by atoms with E-state index in [1.165, 1.54) is 6.92 Å². The molecule has 1 heterocycles. The summed E-state index contributed by atoms with van der Waals surface area (Å²) in [7, 11) is 0. The molecule has 0 aliphatic carbocycles. The summed E-state index contributed by atoms with van der Waals surface area (Å²) in [6.07, 6.45) is -0.942. The van der Waals surface area contributed by atoms with Gasteiger partial charge in [0.05, 0.1) is 6.04 Å². The summed E-state index contributed by atoms with van der Waals surface area (Å²) in [6.45, 7) is 3.35. The molecule has 4 heteroatoms. The fourth-order valence-corrected chi connectivity index (χ4v) is 1.68. The molecule has 0 fully saturated rings. The number of thiophene rings is 1. The lowest BCUT2D eigenvalue weighted by Gasteiger charge is -2.13. The summed E-state index contributed by atoms with van der Waals surface area (Å²) in [5, 5.41) is 13.6. The first-order valence-electron chi connectivity index (χ1n) is 4.13. The van der Waals surface area contributed by atoms with E-state index in [9.17, 15) is 4.79 Å². The van der Waals surface area contributed by atoms with Crippen LogP contribution in [0.1, 0.15) is 24.8 Å². The van der Waals surface area contributed by atoms with Crippen LogP contribution in [0.2, 0.25) is 0 Å². The fraction of sp³-hybridized carbons (Fsp3) is 0.444. The Labute approximate surface area is 81.4 Å². The first kappa shape index (κ1) is 10.2. The summed E-state index contributed by atoms with van der Waals surface area (Å²) >= 11 is 1.59. The summed E-state index contributed by atoms with van der Waals surface area (Å²) in [6, 6.07) is 3.87. The summed E-state index contributed by atoms with van der Waals surface area (Å²) < 4.78 is 0.